The third kappa shape index (κ3) is 2.23. The largest absolute Gasteiger partial charge is 0.330 e. The minimum atomic E-state index is -0.338. The van der Waals surface area contributed by atoms with Crippen LogP contribution in [0.3, 0.4) is 0 Å². The normalized spacial score (nSPS) is 11.0. The van der Waals surface area contributed by atoms with Crippen LogP contribution < -0.4 is 11.3 Å². The first-order chi connectivity index (χ1) is 10.6. The minimum absolute atomic E-state index is 0.197. The molecule has 112 valence electrons. The summed E-state index contributed by atoms with van der Waals surface area (Å²) in [4.78, 5) is 30.3. The quantitative estimate of drug-likeness (QED) is 0.760. The second-order valence-corrected chi connectivity index (χ2v) is 5.06. The van der Waals surface area contributed by atoms with E-state index in [9.17, 15) is 9.59 Å². The fourth-order valence-electron chi connectivity index (χ4n) is 2.73. The van der Waals surface area contributed by atoms with Crippen LogP contribution in [0.5, 0.6) is 0 Å². The van der Waals surface area contributed by atoms with Crippen molar-refractivity contribution >= 4 is 16.8 Å². The molecule has 3 N–H and O–H groups in total. The molecule has 2 aromatic heterocycles. The number of rotatable bonds is 3. The van der Waals surface area contributed by atoms with Gasteiger partial charge in [0.05, 0.1) is 11.7 Å². The molecule has 0 atom stereocenters. The second kappa shape index (κ2) is 5.57. The van der Waals surface area contributed by atoms with Crippen molar-refractivity contribution in [2.45, 2.75) is 13.3 Å². The molecule has 0 amide bonds. The summed E-state index contributed by atoms with van der Waals surface area (Å²) in [7, 11) is 0. The zero-order chi connectivity index (χ0) is 15.7. The Bertz CT molecular complexity index is 888. The number of nitrogens with zero attached hydrogens (tertiary/aromatic N) is 2. The number of hydrogen-bond donors (Lipinski definition) is 2. The van der Waals surface area contributed by atoms with E-state index >= 15 is 0 Å². The molecule has 0 aliphatic carbocycles. The van der Waals surface area contributed by atoms with E-state index in [2.05, 4.69) is 9.97 Å². The fraction of sp³-hybridized carbons (Fsp3) is 0.188. The first-order valence-corrected chi connectivity index (χ1v) is 7.02. The van der Waals surface area contributed by atoms with E-state index < -0.39 is 0 Å². The van der Waals surface area contributed by atoms with E-state index in [1.165, 1.54) is 6.20 Å². The Balaban J connectivity index is 2.22. The Kier molecular flexibility index (Phi) is 3.60. The lowest BCUT2D eigenvalue weighted by atomic mass is 10.1. The lowest BCUT2D eigenvalue weighted by molar-refractivity contribution is 0.0957. The Labute approximate surface area is 126 Å². The smallest absolute Gasteiger partial charge is 0.282 e. The average molecular weight is 296 g/mol. The number of H-pyrrole nitrogens is 1. The molecule has 1 aromatic carbocycles. The summed E-state index contributed by atoms with van der Waals surface area (Å²) >= 11 is 0. The summed E-state index contributed by atoms with van der Waals surface area (Å²) in [5.41, 5.74) is 8.28. The van der Waals surface area contributed by atoms with Crippen molar-refractivity contribution in [2.75, 3.05) is 6.54 Å². The zero-order valence-electron chi connectivity index (χ0n) is 12.2. The first kappa shape index (κ1) is 14.2. The van der Waals surface area contributed by atoms with Gasteiger partial charge in [-0.3, -0.25) is 14.2 Å². The highest BCUT2D eigenvalue weighted by atomic mass is 16.2. The molecule has 2 heterocycles. The lowest BCUT2D eigenvalue weighted by Crippen LogP contribution is -2.18. The maximum atomic E-state index is 12.8. The molecule has 0 bridgehead atoms. The van der Waals surface area contributed by atoms with E-state index in [4.69, 9.17) is 5.73 Å². The third-order valence-electron chi connectivity index (χ3n) is 3.73. The Morgan fingerprint density at radius 2 is 2.14 bits per heavy atom. The van der Waals surface area contributed by atoms with Gasteiger partial charge >= 0.3 is 0 Å². The van der Waals surface area contributed by atoms with Gasteiger partial charge in [0.25, 0.3) is 11.5 Å². The summed E-state index contributed by atoms with van der Waals surface area (Å²) in [5.74, 6) is -0.270. The van der Waals surface area contributed by atoms with Crippen molar-refractivity contribution in [1.82, 2.24) is 14.5 Å². The molecule has 0 radical (unpaired) electrons. The Morgan fingerprint density at radius 1 is 1.36 bits per heavy atom. The predicted octanol–water partition coefficient (Wildman–Crippen LogP) is 1.22. The van der Waals surface area contributed by atoms with Crippen molar-refractivity contribution in [2.24, 2.45) is 5.73 Å². The third-order valence-corrected chi connectivity index (χ3v) is 3.73. The number of nitrogens with one attached hydrogen (secondary N) is 1. The van der Waals surface area contributed by atoms with Crippen LogP contribution in [0.2, 0.25) is 0 Å². The van der Waals surface area contributed by atoms with Gasteiger partial charge in [0, 0.05) is 17.3 Å². The number of aromatic nitrogens is 3. The lowest BCUT2D eigenvalue weighted by Gasteiger charge is -2.06. The van der Waals surface area contributed by atoms with E-state index in [-0.39, 0.29) is 17.2 Å². The molecule has 6 nitrogen and oxygen atoms in total. The summed E-state index contributed by atoms with van der Waals surface area (Å²) in [6, 6.07) is 7.70. The van der Waals surface area contributed by atoms with Gasteiger partial charge in [-0.15, -0.1) is 0 Å². The standard InChI is InChI=1S/C16H16N4O2/c1-10-11(6-7-17)12-4-2-3-5-14(12)20(10)16(22)13-8-19-15(21)9-18-13/h2-5,8-9H,6-7,17H2,1H3,(H,19,21). The van der Waals surface area contributed by atoms with Crippen LogP contribution in [0.25, 0.3) is 10.9 Å². The van der Waals surface area contributed by atoms with Crippen molar-refractivity contribution in [1.29, 1.82) is 0 Å². The SMILES string of the molecule is Cc1c(CCN)c2ccccc2n1C(=O)c1c[nH]c(=O)cn1. The summed E-state index contributed by atoms with van der Waals surface area (Å²) in [6.07, 6.45) is 3.14. The number of aromatic amines is 1. The number of nitrogens with two attached hydrogens (primary N) is 1. The van der Waals surface area contributed by atoms with Crippen LogP contribution in [0.1, 0.15) is 21.7 Å². The molecule has 0 saturated carbocycles. The van der Waals surface area contributed by atoms with Gasteiger partial charge in [0.1, 0.15) is 5.69 Å². The van der Waals surface area contributed by atoms with Crippen LogP contribution in [0.4, 0.5) is 0 Å². The van der Waals surface area contributed by atoms with Gasteiger partial charge in [-0.1, -0.05) is 18.2 Å². The number of benzene rings is 1. The Morgan fingerprint density at radius 3 is 2.82 bits per heavy atom. The predicted molar refractivity (Wildman–Crippen MR) is 84.0 cm³/mol. The molecule has 22 heavy (non-hydrogen) atoms. The van der Waals surface area contributed by atoms with E-state index in [1.807, 2.05) is 31.2 Å². The van der Waals surface area contributed by atoms with Crippen LogP contribution in [-0.2, 0) is 6.42 Å². The van der Waals surface area contributed by atoms with Crippen molar-refractivity contribution in [3.63, 3.8) is 0 Å². The molecule has 0 aliphatic rings. The van der Waals surface area contributed by atoms with E-state index in [0.29, 0.717) is 13.0 Å². The number of para-hydroxylation sites is 1. The number of carbonyl (C=O) groups is 1. The average Bonchev–Trinajstić information content (AvgIpc) is 2.80. The first-order valence-electron chi connectivity index (χ1n) is 7.02. The summed E-state index contributed by atoms with van der Waals surface area (Å²) in [5, 5.41) is 1.02. The number of carbonyl (C=O) groups excluding carboxylic acids is 1. The van der Waals surface area contributed by atoms with Gasteiger partial charge in [0.15, 0.2) is 0 Å². The monoisotopic (exact) mass is 296 g/mol. The van der Waals surface area contributed by atoms with Gasteiger partial charge in [0.2, 0.25) is 0 Å². The van der Waals surface area contributed by atoms with Gasteiger partial charge in [-0.2, -0.15) is 0 Å². The van der Waals surface area contributed by atoms with Crippen molar-refractivity contribution in [3.05, 3.63) is 64.0 Å². The fourth-order valence-corrected chi connectivity index (χ4v) is 2.73. The molecule has 0 saturated heterocycles. The van der Waals surface area contributed by atoms with Crippen LogP contribution in [-0.4, -0.2) is 27.0 Å². The highest BCUT2D eigenvalue weighted by molar-refractivity contribution is 6.02. The number of fused-ring (bicyclic) bond motifs is 1. The summed E-state index contributed by atoms with van der Waals surface area (Å²) < 4.78 is 1.63. The maximum Gasteiger partial charge on any atom is 0.282 e. The molecular weight excluding hydrogens is 280 g/mol. The highest BCUT2D eigenvalue weighted by Gasteiger charge is 2.19. The van der Waals surface area contributed by atoms with Gasteiger partial charge < -0.3 is 10.7 Å². The molecule has 0 spiro atoms. The molecule has 6 heteroatoms. The summed E-state index contributed by atoms with van der Waals surface area (Å²) in [6.45, 7) is 2.41. The Hall–Kier alpha value is -2.73. The minimum Gasteiger partial charge on any atom is -0.330 e. The van der Waals surface area contributed by atoms with Crippen LogP contribution in [0.15, 0.2) is 41.5 Å². The van der Waals surface area contributed by atoms with Crippen molar-refractivity contribution < 1.29 is 4.79 Å². The second-order valence-electron chi connectivity index (χ2n) is 5.06. The van der Waals surface area contributed by atoms with Crippen molar-refractivity contribution in [3.8, 4) is 0 Å². The van der Waals surface area contributed by atoms with Gasteiger partial charge in [-0.05, 0) is 31.5 Å². The van der Waals surface area contributed by atoms with E-state index in [1.54, 1.807) is 4.57 Å². The topological polar surface area (TPSA) is 93.8 Å². The van der Waals surface area contributed by atoms with Gasteiger partial charge in [-0.25, -0.2) is 4.98 Å². The number of hydrogen-bond acceptors (Lipinski definition) is 4. The molecule has 0 aliphatic heterocycles. The molecule has 0 unspecified atom stereocenters. The molecule has 3 rings (SSSR count). The molecule has 0 fully saturated rings. The van der Waals surface area contributed by atoms with Crippen LogP contribution >= 0.6 is 0 Å². The van der Waals surface area contributed by atoms with Crippen LogP contribution in [0, 0.1) is 6.92 Å². The van der Waals surface area contributed by atoms with E-state index in [0.717, 1.165) is 28.4 Å². The highest BCUT2D eigenvalue weighted by Crippen LogP contribution is 2.26. The molecular formula is C16H16N4O2. The maximum absolute atomic E-state index is 12.8. The molecule has 3 aromatic rings. The zero-order valence-corrected chi connectivity index (χ0v) is 12.2.